The van der Waals surface area contributed by atoms with Gasteiger partial charge in [-0.1, -0.05) is 102 Å². The monoisotopic (exact) mass is 638 g/mol. The van der Waals surface area contributed by atoms with Gasteiger partial charge in [-0.25, -0.2) is 9.59 Å². The fourth-order valence-electron chi connectivity index (χ4n) is 7.52. The van der Waals surface area contributed by atoms with Gasteiger partial charge in [-0.15, -0.1) is 0 Å². The second kappa shape index (κ2) is 21.4. The van der Waals surface area contributed by atoms with Crippen LogP contribution < -0.4 is 0 Å². The second-order valence-corrected chi connectivity index (χ2v) is 14.1. The Bertz CT molecular complexity index is 1050. The van der Waals surface area contributed by atoms with E-state index in [9.17, 15) is 9.59 Å². The Morgan fingerprint density at radius 1 is 0.804 bits per heavy atom. The van der Waals surface area contributed by atoms with Crippen molar-refractivity contribution in [2.45, 2.75) is 122 Å². The predicted octanol–water partition coefficient (Wildman–Crippen LogP) is 8.90. The molecule has 258 valence electrons. The minimum atomic E-state index is -0.641. The van der Waals surface area contributed by atoms with Gasteiger partial charge in [-0.2, -0.15) is 0 Å². The van der Waals surface area contributed by atoms with Gasteiger partial charge < -0.3 is 19.3 Å². The molecular formula is C40H62O6. The Labute approximate surface area is 279 Å². The minimum Gasteiger partial charge on any atom is -0.462 e. The van der Waals surface area contributed by atoms with Crippen molar-refractivity contribution in [2.75, 3.05) is 33.5 Å². The summed E-state index contributed by atoms with van der Waals surface area (Å²) in [5.74, 6) is 2.16. The van der Waals surface area contributed by atoms with E-state index in [4.69, 9.17) is 19.3 Å². The van der Waals surface area contributed by atoms with E-state index in [-0.39, 0.29) is 36.9 Å². The van der Waals surface area contributed by atoms with Crippen LogP contribution in [-0.2, 0) is 30.2 Å². The fraction of sp³-hybridized carbons (Fsp3) is 0.700. The van der Waals surface area contributed by atoms with Crippen molar-refractivity contribution in [3.63, 3.8) is 0 Å². The predicted molar refractivity (Wildman–Crippen MR) is 186 cm³/mol. The van der Waals surface area contributed by atoms with Crippen LogP contribution in [0.1, 0.15) is 127 Å². The smallest absolute Gasteiger partial charge is 0.335 e. The molecule has 0 amide bonds. The van der Waals surface area contributed by atoms with E-state index in [1.54, 1.807) is 0 Å². The van der Waals surface area contributed by atoms with Crippen LogP contribution in [0.5, 0.6) is 0 Å². The third kappa shape index (κ3) is 13.4. The summed E-state index contributed by atoms with van der Waals surface area (Å²) in [7, 11) is 1.49. The molecule has 6 heteroatoms. The highest BCUT2D eigenvalue weighted by Gasteiger charge is 2.31. The summed E-state index contributed by atoms with van der Waals surface area (Å²) in [5, 5.41) is 9.16. The molecule has 46 heavy (non-hydrogen) atoms. The number of aliphatic hydroxyl groups excluding tert-OH is 1. The summed E-state index contributed by atoms with van der Waals surface area (Å²) in [4.78, 5) is 24.3. The summed E-state index contributed by atoms with van der Waals surface area (Å²) in [5.41, 5.74) is 2.90. The van der Waals surface area contributed by atoms with E-state index in [2.05, 4.69) is 44.3 Å². The lowest BCUT2D eigenvalue weighted by Crippen LogP contribution is -2.25. The van der Waals surface area contributed by atoms with Gasteiger partial charge in [0.1, 0.15) is 0 Å². The molecule has 0 aromatic heterocycles. The van der Waals surface area contributed by atoms with Gasteiger partial charge >= 0.3 is 11.9 Å². The van der Waals surface area contributed by atoms with Crippen molar-refractivity contribution in [3.8, 4) is 0 Å². The van der Waals surface area contributed by atoms with Crippen LogP contribution in [0, 0.1) is 23.7 Å². The quantitative estimate of drug-likeness (QED) is 0.0823. The first kappa shape index (κ1) is 38.0. The molecule has 1 atom stereocenters. The highest BCUT2D eigenvalue weighted by atomic mass is 16.5. The first-order valence-corrected chi connectivity index (χ1v) is 18.2. The zero-order chi connectivity index (χ0) is 33.1. The number of hydrogen-bond donors (Lipinski definition) is 1. The molecule has 6 nitrogen and oxygen atoms in total. The maximum absolute atomic E-state index is 12.2. The molecule has 1 aromatic carbocycles. The van der Waals surface area contributed by atoms with Crippen LogP contribution >= 0.6 is 0 Å². The number of rotatable bonds is 21. The van der Waals surface area contributed by atoms with Crippen LogP contribution in [0.15, 0.2) is 48.6 Å². The summed E-state index contributed by atoms with van der Waals surface area (Å²) in [6.45, 7) is 9.33. The van der Waals surface area contributed by atoms with Crippen molar-refractivity contribution >= 4 is 11.9 Å². The van der Waals surface area contributed by atoms with Crippen LogP contribution in [0.4, 0.5) is 0 Å². The van der Waals surface area contributed by atoms with Gasteiger partial charge in [0, 0.05) is 13.0 Å². The molecule has 3 rings (SSSR count). The highest BCUT2D eigenvalue weighted by Crippen LogP contribution is 2.44. The number of benzene rings is 1. The topological polar surface area (TPSA) is 82.1 Å². The second-order valence-electron chi connectivity index (χ2n) is 14.1. The molecular weight excluding hydrogens is 576 g/mol. The van der Waals surface area contributed by atoms with Crippen molar-refractivity contribution in [3.05, 3.63) is 59.7 Å². The molecule has 0 heterocycles. The van der Waals surface area contributed by atoms with E-state index >= 15 is 0 Å². The van der Waals surface area contributed by atoms with Crippen molar-refractivity contribution in [1.82, 2.24) is 0 Å². The zero-order valence-electron chi connectivity index (χ0n) is 28.9. The molecule has 2 saturated carbocycles. The number of hydrogen-bond acceptors (Lipinski definition) is 6. The molecule has 2 aliphatic rings. The molecule has 2 fully saturated rings. The number of carbonyl (C=O) groups excluding carboxylic acids is 2. The van der Waals surface area contributed by atoms with Gasteiger partial charge in [0.25, 0.3) is 0 Å². The molecule has 0 radical (unpaired) electrons. The third-order valence-corrected chi connectivity index (χ3v) is 10.6. The Hall–Kier alpha value is -2.44. The van der Waals surface area contributed by atoms with Crippen LogP contribution in [-0.4, -0.2) is 50.6 Å². The summed E-state index contributed by atoms with van der Waals surface area (Å²) in [6.07, 6.45) is 22.6. The average molecular weight is 639 g/mol. The Balaban J connectivity index is 1.40. The molecule has 2 aliphatic carbocycles. The van der Waals surface area contributed by atoms with E-state index < -0.39 is 18.5 Å². The maximum Gasteiger partial charge on any atom is 0.335 e. The molecule has 1 aromatic rings. The summed E-state index contributed by atoms with van der Waals surface area (Å²) < 4.78 is 15.7. The summed E-state index contributed by atoms with van der Waals surface area (Å²) >= 11 is 0. The van der Waals surface area contributed by atoms with Crippen LogP contribution in [0.3, 0.4) is 0 Å². The van der Waals surface area contributed by atoms with Gasteiger partial charge in [-0.05, 0) is 86.2 Å². The lowest BCUT2D eigenvalue weighted by atomic mass is 9.68. The molecule has 0 spiro atoms. The van der Waals surface area contributed by atoms with E-state index in [0.717, 1.165) is 24.2 Å². The van der Waals surface area contributed by atoms with Crippen molar-refractivity contribution < 1.29 is 28.9 Å². The van der Waals surface area contributed by atoms with Crippen molar-refractivity contribution in [1.29, 1.82) is 0 Å². The number of aliphatic hydroxyl groups is 1. The van der Waals surface area contributed by atoms with Crippen LogP contribution in [0.2, 0.25) is 0 Å². The molecule has 0 aliphatic heterocycles. The molecule has 0 saturated heterocycles. The van der Waals surface area contributed by atoms with Gasteiger partial charge in [0.15, 0.2) is 0 Å². The number of ether oxygens (including phenoxy) is 3. The average Bonchev–Trinajstić information content (AvgIpc) is 3.09. The van der Waals surface area contributed by atoms with Crippen LogP contribution in [0.25, 0.3) is 0 Å². The Morgan fingerprint density at radius 2 is 1.37 bits per heavy atom. The first-order chi connectivity index (χ1) is 22.3. The van der Waals surface area contributed by atoms with Gasteiger partial charge in [-0.3, -0.25) is 0 Å². The highest BCUT2D eigenvalue weighted by molar-refractivity contribution is 5.88. The fourth-order valence-corrected chi connectivity index (χ4v) is 7.52. The van der Waals surface area contributed by atoms with E-state index in [1.807, 2.05) is 0 Å². The standard InChI is InChI=1S/C40H62O6/c1-5-6-7-8-9-10-11-32-14-18-35(19-15-32)37-22-24-38(25-23-37)36-20-16-33(17-21-36)12-13-34(28-45-39(42)30(2)26-41)29-46-40(43)31(3)27-44-4/h16-17,20-21,32,34-35,37-38,41H,2-3,5-15,18-19,22-29H2,1,4H3. The number of esters is 2. The van der Waals surface area contributed by atoms with E-state index in [0.29, 0.717) is 12.3 Å². The molecule has 1 unspecified atom stereocenters. The summed E-state index contributed by atoms with van der Waals surface area (Å²) in [6, 6.07) is 9.02. The third-order valence-electron chi connectivity index (χ3n) is 10.6. The van der Waals surface area contributed by atoms with Crippen molar-refractivity contribution in [2.24, 2.45) is 23.7 Å². The SMILES string of the molecule is C=C(CO)C(=O)OCC(CCc1ccc(C2CCC(C3CCC(CCCCCCCC)CC3)CC2)cc1)COC(=O)C(=C)COC. The lowest BCUT2D eigenvalue weighted by molar-refractivity contribution is -0.144. The Kier molecular flexibility index (Phi) is 17.7. The Morgan fingerprint density at radius 3 is 1.96 bits per heavy atom. The lowest BCUT2D eigenvalue weighted by Gasteiger charge is -2.38. The minimum absolute atomic E-state index is 0.0000205. The van der Waals surface area contributed by atoms with E-state index in [1.165, 1.54) is 115 Å². The molecule has 1 N–H and O–H groups in total. The largest absolute Gasteiger partial charge is 0.462 e. The molecule has 0 bridgehead atoms. The van der Waals surface area contributed by atoms with Gasteiger partial charge in [0.05, 0.1) is 37.6 Å². The number of aryl methyl sites for hydroxylation is 1. The van der Waals surface area contributed by atoms with Gasteiger partial charge in [0.2, 0.25) is 0 Å². The number of carbonyl (C=O) groups is 2. The number of methoxy groups -OCH3 is 1. The zero-order valence-corrected chi connectivity index (χ0v) is 28.9. The maximum atomic E-state index is 12.2. The first-order valence-electron chi connectivity index (χ1n) is 18.2. The normalized spacial score (nSPS) is 22.2. The number of unbranched alkanes of at least 4 members (excludes halogenated alkanes) is 5.